The van der Waals surface area contributed by atoms with Crippen molar-refractivity contribution in [1.82, 2.24) is 0 Å². The quantitative estimate of drug-likeness (QED) is 0.912. The van der Waals surface area contributed by atoms with E-state index in [1.807, 2.05) is 31.2 Å². The average Bonchev–Trinajstić information content (AvgIpc) is 2.54. The van der Waals surface area contributed by atoms with Gasteiger partial charge in [-0.15, -0.1) is 0 Å². The van der Waals surface area contributed by atoms with E-state index < -0.39 is 0 Å². The van der Waals surface area contributed by atoms with Gasteiger partial charge in [-0.2, -0.15) is 0 Å². The van der Waals surface area contributed by atoms with Crippen molar-refractivity contribution < 1.29 is 14.3 Å². The molecule has 5 nitrogen and oxygen atoms in total. The van der Waals surface area contributed by atoms with Gasteiger partial charge < -0.3 is 15.4 Å². The van der Waals surface area contributed by atoms with Gasteiger partial charge in [0.25, 0.3) is 5.91 Å². The largest absolute Gasteiger partial charge is 0.482 e. The molecule has 0 aliphatic carbocycles. The van der Waals surface area contributed by atoms with Crippen LogP contribution in [0.1, 0.15) is 17.5 Å². The summed E-state index contributed by atoms with van der Waals surface area (Å²) in [5, 5.41) is 5.57. The molecule has 2 aromatic rings. The molecule has 0 saturated heterocycles. The molecule has 0 unspecified atom stereocenters. The van der Waals surface area contributed by atoms with Gasteiger partial charge in [0.2, 0.25) is 5.91 Å². The van der Waals surface area contributed by atoms with Crippen molar-refractivity contribution in [2.45, 2.75) is 19.8 Å². The second-order valence-corrected chi connectivity index (χ2v) is 5.52. The van der Waals surface area contributed by atoms with Crippen molar-refractivity contribution in [2.24, 2.45) is 0 Å². The molecule has 2 aromatic carbocycles. The van der Waals surface area contributed by atoms with E-state index in [0.29, 0.717) is 30.0 Å². The van der Waals surface area contributed by atoms with Crippen molar-refractivity contribution in [2.75, 3.05) is 17.2 Å². The molecule has 23 heavy (non-hydrogen) atoms. The first-order valence-electron chi connectivity index (χ1n) is 7.53. The lowest BCUT2D eigenvalue weighted by molar-refractivity contribution is -0.118. The van der Waals surface area contributed by atoms with Gasteiger partial charge in [0.15, 0.2) is 6.61 Å². The monoisotopic (exact) mass is 310 g/mol. The first kappa shape index (κ1) is 15.1. The third kappa shape index (κ3) is 3.69. The highest BCUT2D eigenvalue weighted by molar-refractivity contribution is 5.97. The van der Waals surface area contributed by atoms with E-state index in [9.17, 15) is 9.59 Å². The summed E-state index contributed by atoms with van der Waals surface area (Å²) in [6.45, 7) is 2.06. The Kier molecular flexibility index (Phi) is 4.28. The SMILES string of the molecule is Cc1ccccc1CCC(=O)Nc1ccc2c(c1)NC(=O)CO2. The molecule has 1 aliphatic rings. The smallest absolute Gasteiger partial charge is 0.262 e. The number of ether oxygens (including phenoxy) is 1. The zero-order valence-corrected chi connectivity index (χ0v) is 12.9. The molecule has 0 spiro atoms. The summed E-state index contributed by atoms with van der Waals surface area (Å²) in [5.41, 5.74) is 3.59. The molecule has 0 atom stereocenters. The number of carbonyl (C=O) groups excluding carboxylic acids is 2. The maximum atomic E-state index is 12.1. The molecule has 0 radical (unpaired) electrons. The fourth-order valence-electron chi connectivity index (χ4n) is 2.52. The third-order valence-electron chi connectivity index (χ3n) is 3.78. The van der Waals surface area contributed by atoms with Crippen LogP contribution in [-0.2, 0) is 16.0 Å². The first-order chi connectivity index (χ1) is 11.1. The van der Waals surface area contributed by atoms with Crippen molar-refractivity contribution >= 4 is 23.2 Å². The van der Waals surface area contributed by atoms with Crippen LogP contribution in [0.4, 0.5) is 11.4 Å². The number of carbonyl (C=O) groups is 2. The minimum absolute atomic E-state index is 0.0229. The molecule has 0 saturated carbocycles. The number of nitrogens with one attached hydrogen (secondary N) is 2. The van der Waals surface area contributed by atoms with E-state index >= 15 is 0 Å². The summed E-state index contributed by atoms with van der Waals surface area (Å²) in [6.07, 6.45) is 1.11. The van der Waals surface area contributed by atoms with Crippen LogP contribution in [0.2, 0.25) is 0 Å². The Hall–Kier alpha value is -2.82. The number of hydrogen-bond acceptors (Lipinski definition) is 3. The third-order valence-corrected chi connectivity index (χ3v) is 3.78. The highest BCUT2D eigenvalue weighted by Gasteiger charge is 2.16. The van der Waals surface area contributed by atoms with Crippen LogP contribution >= 0.6 is 0 Å². The average molecular weight is 310 g/mol. The van der Waals surface area contributed by atoms with Crippen LogP contribution in [0.25, 0.3) is 0 Å². The van der Waals surface area contributed by atoms with Crippen LogP contribution in [0.3, 0.4) is 0 Å². The van der Waals surface area contributed by atoms with E-state index in [1.54, 1.807) is 18.2 Å². The van der Waals surface area contributed by atoms with Gasteiger partial charge in [-0.25, -0.2) is 0 Å². The van der Waals surface area contributed by atoms with Gasteiger partial charge >= 0.3 is 0 Å². The van der Waals surface area contributed by atoms with Crippen LogP contribution in [0.15, 0.2) is 42.5 Å². The molecule has 5 heteroatoms. The number of fused-ring (bicyclic) bond motifs is 1. The van der Waals surface area contributed by atoms with E-state index in [0.717, 1.165) is 0 Å². The lowest BCUT2D eigenvalue weighted by atomic mass is 10.0. The number of aryl methyl sites for hydroxylation is 2. The van der Waals surface area contributed by atoms with Crippen LogP contribution in [0, 0.1) is 6.92 Å². The number of amides is 2. The summed E-state index contributed by atoms with van der Waals surface area (Å²) in [4.78, 5) is 23.4. The minimum atomic E-state index is -0.194. The summed E-state index contributed by atoms with van der Waals surface area (Å²) in [7, 11) is 0. The van der Waals surface area contributed by atoms with Crippen LogP contribution in [-0.4, -0.2) is 18.4 Å². The lowest BCUT2D eigenvalue weighted by Gasteiger charge is -2.18. The predicted octanol–water partition coefficient (Wildman–Crippen LogP) is 2.90. The molecular formula is C18H18N2O3. The molecule has 0 aromatic heterocycles. The fourth-order valence-corrected chi connectivity index (χ4v) is 2.52. The molecule has 1 aliphatic heterocycles. The Morgan fingerprint density at radius 2 is 2.09 bits per heavy atom. The zero-order valence-electron chi connectivity index (χ0n) is 12.9. The number of anilines is 2. The number of hydrogen-bond donors (Lipinski definition) is 2. The minimum Gasteiger partial charge on any atom is -0.482 e. The second-order valence-electron chi connectivity index (χ2n) is 5.52. The van der Waals surface area contributed by atoms with Gasteiger partial charge in [-0.05, 0) is 42.7 Å². The second kappa shape index (κ2) is 6.52. The Bertz CT molecular complexity index is 756. The molecule has 1 heterocycles. The van der Waals surface area contributed by atoms with E-state index in [1.165, 1.54) is 11.1 Å². The summed E-state index contributed by atoms with van der Waals surface area (Å²) in [5.74, 6) is 0.360. The summed E-state index contributed by atoms with van der Waals surface area (Å²) < 4.78 is 5.29. The highest BCUT2D eigenvalue weighted by Crippen LogP contribution is 2.30. The summed E-state index contributed by atoms with van der Waals surface area (Å²) >= 11 is 0. The standard InChI is InChI=1S/C18H18N2O3/c1-12-4-2-3-5-13(12)6-9-17(21)19-14-7-8-16-15(10-14)20-18(22)11-23-16/h2-5,7-8,10H,6,9,11H2,1H3,(H,19,21)(H,20,22). The van der Waals surface area contributed by atoms with Crippen molar-refractivity contribution in [3.05, 3.63) is 53.6 Å². The molecular weight excluding hydrogens is 292 g/mol. The summed E-state index contributed by atoms with van der Waals surface area (Å²) in [6, 6.07) is 13.3. The van der Waals surface area contributed by atoms with Gasteiger partial charge in [0, 0.05) is 12.1 Å². The van der Waals surface area contributed by atoms with Crippen molar-refractivity contribution in [3.63, 3.8) is 0 Å². The maximum absolute atomic E-state index is 12.1. The van der Waals surface area contributed by atoms with Crippen molar-refractivity contribution in [3.8, 4) is 5.75 Å². The molecule has 118 valence electrons. The molecule has 2 amide bonds. The Balaban J connectivity index is 1.61. The van der Waals surface area contributed by atoms with E-state index in [-0.39, 0.29) is 18.4 Å². The Morgan fingerprint density at radius 1 is 1.26 bits per heavy atom. The molecule has 0 fully saturated rings. The molecule has 3 rings (SSSR count). The number of rotatable bonds is 4. The highest BCUT2D eigenvalue weighted by atomic mass is 16.5. The van der Waals surface area contributed by atoms with Crippen LogP contribution < -0.4 is 15.4 Å². The van der Waals surface area contributed by atoms with Gasteiger partial charge in [0.1, 0.15) is 5.75 Å². The molecule has 0 bridgehead atoms. The predicted molar refractivity (Wildman–Crippen MR) is 88.7 cm³/mol. The first-order valence-corrected chi connectivity index (χ1v) is 7.53. The van der Waals surface area contributed by atoms with Gasteiger partial charge in [0.05, 0.1) is 5.69 Å². The lowest BCUT2D eigenvalue weighted by Crippen LogP contribution is -2.25. The van der Waals surface area contributed by atoms with Gasteiger partial charge in [-0.3, -0.25) is 9.59 Å². The van der Waals surface area contributed by atoms with E-state index in [2.05, 4.69) is 10.6 Å². The van der Waals surface area contributed by atoms with E-state index in [4.69, 9.17) is 4.74 Å². The Morgan fingerprint density at radius 3 is 2.91 bits per heavy atom. The normalized spacial score (nSPS) is 12.8. The van der Waals surface area contributed by atoms with Gasteiger partial charge in [-0.1, -0.05) is 24.3 Å². The molecule has 2 N–H and O–H groups in total. The van der Waals surface area contributed by atoms with Crippen molar-refractivity contribution in [1.29, 1.82) is 0 Å². The Labute approximate surface area is 134 Å². The van der Waals surface area contributed by atoms with Crippen LogP contribution in [0.5, 0.6) is 5.75 Å². The number of benzene rings is 2. The zero-order chi connectivity index (χ0) is 16.2. The topological polar surface area (TPSA) is 67.4 Å². The fraction of sp³-hybridized carbons (Fsp3) is 0.222. The maximum Gasteiger partial charge on any atom is 0.262 e.